The molecule has 0 atom stereocenters. The van der Waals surface area contributed by atoms with Crippen molar-refractivity contribution >= 4 is 5.97 Å². The molecule has 0 bridgehead atoms. The Morgan fingerprint density at radius 3 is 1.38 bits per heavy atom. The number of hydrogen-bond donors (Lipinski definition) is 0. The minimum Gasteiger partial charge on any atom is -0.435 e. The van der Waals surface area contributed by atoms with E-state index in [0.717, 1.165) is 17.4 Å². The van der Waals surface area contributed by atoms with E-state index in [1.807, 2.05) is 88.4 Å². The number of ether oxygens (including phenoxy) is 1. The van der Waals surface area contributed by atoms with Crippen LogP contribution in [0.15, 0.2) is 73.5 Å². The Bertz CT molecular complexity index is 624. The molecule has 0 N–H and O–H groups in total. The van der Waals surface area contributed by atoms with Crippen molar-refractivity contribution in [3.05, 3.63) is 84.6 Å². The van der Waals surface area contributed by atoms with Crippen molar-refractivity contribution in [3.63, 3.8) is 0 Å². The van der Waals surface area contributed by atoms with Crippen LogP contribution in [0.25, 0.3) is 0 Å². The summed E-state index contributed by atoms with van der Waals surface area (Å²) in [6.07, 6.45) is 1.10. The topological polar surface area (TPSA) is 44.8 Å². The lowest BCUT2D eigenvalue weighted by Gasteiger charge is -2.31. The maximum Gasteiger partial charge on any atom is 0.307 e. The molecule has 0 aliphatic carbocycles. The second-order valence-electron chi connectivity index (χ2n) is 6.70. The van der Waals surface area contributed by atoms with Crippen LogP contribution in [0.3, 0.4) is 0 Å². The molecule has 0 aliphatic heterocycles. The molecule has 0 aromatic heterocycles. The van der Waals surface area contributed by atoms with Gasteiger partial charge in [0, 0.05) is 6.92 Å². The Labute approximate surface area is 156 Å². The van der Waals surface area contributed by atoms with Gasteiger partial charge < -0.3 is 4.74 Å². The highest BCUT2D eigenvalue weighted by Gasteiger charge is 2.29. The zero-order valence-corrected chi connectivity index (χ0v) is 16.2. The summed E-state index contributed by atoms with van der Waals surface area (Å²) in [4.78, 5) is 21.2. The van der Waals surface area contributed by atoms with Gasteiger partial charge in [-0.25, -0.2) is 9.78 Å². The predicted molar refractivity (Wildman–Crippen MR) is 103 cm³/mol. The molecule has 0 heterocycles. The maximum absolute atomic E-state index is 9.75. The summed E-state index contributed by atoms with van der Waals surface area (Å²) in [5, 5.41) is 0. The van der Waals surface area contributed by atoms with Gasteiger partial charge in [-0.2, -0.15) is 0 Å². The van der Waals surface area contributed by atoms with Crippen molar-refractivity contribution in [3.8, 4) is 0 Å². The molecule has 0 saturated heterocycles. The molecule has 2 aromatic carbocycles. The Morgan fingerprint density at radius 2 is 1.15 bits per heavy atom. The lowest BCUT2D eigenvalue weighted by molar-refractivity contribution is -0.410. The average molecular weight is 356 g/mol. The van der Waals surface area contributed by atoms with Gasteiger partial charge in [-0.15, -0.1) is 0 Å². The van der Waals surface area contributed by atoms with Gasteiger partial charge in [0.2, 0.25) is 0 Å². The fourth-order valence-electron chi connectivity index (χ4n) is 2.10. The molecule has 140 valence electrons. The van der Waals surface area contributed by atoms with E-state index in [9.17, 15) is 4.79 Å². The predicted octanol–water partition coefficient (Wildman–Crippen LogP) is 5.50. The van der Waals surface area contributed by atoms with E-state index in [-0.39, 0.29) is 5.97 Å². The van der Waals surface area contributed by atoms with Crippen LogP contribution in [0.4, 0.5) is 0 Å². The monoisotopic (exact) mass is 356 g/mol. The molecular formula is C22H28O4. The van der Waals surface area contributed by atoms with Crippen LogP contribution in [-0.2, 0) is 30.5 Å². The fourth-order valence-corrected chi connectivity index (χ4v) is 2.10. The minimum atomic E-state index is -0.493. The number of rotatable bonds is 6. The molecule has 0 fully saturated rings. The van der Waals surface area contributed by atoms with Gasteiger partial charge in [-0.1, -0.05) is 67.2 Å². The standard InChI is InChI=1S/C18H22O2.C4H6O2/c1-17(2,15-11-7-5-8-12-15)19-20-18(3,4)16-13-9-6-10-14-16;1-3-6-4(2)5/h5-14H,1-4H3;3H,1H2,2H3. The van der Waals surface area contributed by atoms with Gasteiger partial charge in [0.25, 0.3) is 0 Å². The average Bonchev–Trinajstić information content (AvgIpc) is 2.62. The van der Waals surface area contributed by atoms with Crippen molar-refractivity contribution in [2.75, 3.05) is 0 Å². The smallest absolute Gasteiger partial charge is 0.307 e. The van der Waals surface area contributed by atoms with Crippen molar-refractivity contribution in [1.82, 2.24) is 0 Å². The van der Waals surface area contributed by atoms with E-state index in [4.69, 9.17) is 9.78 Å². The Balaban J connectivity index is 0.000000487. The molecule has 4 heteroatoms. The quantitative estimate of drug-likeness (QED) is 0.297. The summed E-state index contributed by atoms with van der Waals surface area (Å²) in [5.41, 5.74) is 1.19. The molecule has 0 spiro atoms. The van der Waals surface area contributed by atoms with E-state index in [0.29, 0.717) is 0 Å². The van der Waals surface area contributed by atoms with Gasteiger partial charge >= 0.3 is 5.97 Å². The van der Waals surface area contributed by atoms with Crippen LogP contribution in [0, 0.1) is 0 Å². The SMILES string of the molecule is C=COC(C)=O.CC(C)(OOC(C)(C)c1ccccc1)c1ccccc1. The number of esters is 1. The summed E-state index contributed by atoms with van der Waals surface area (Å²) in [6.45, 7) is 12.5. The first kappa shape index (κ1) is 21.6. The second-order valence-corrected chi connectivity index (χ2v) is 6.70. The molecule has 0 saturated carbocycles. The summed E-state index contributed by atoms with van der Waals surface area (Å²) in [5.74, 6) is -0.329. The van der Waals surface area contributed by atoms with Crippen LogP contribution >= 0.6 is 0 Å². The van der Waals surface area contributed by atoms with Crippen LogP contribution in [0.1, 0.15) is 45.7 Å². The fraction of sp³-hybridized carbons (Fsp3) is 0.318. The van der Waals surface area contributed by atoms with Crippen molar-refractivity contribution in [2.45, 2.75) is 45.8 Å². The molecule has 0 unspecified atom stereocenters. The maximum atomic E-state index is 9.75. The van der Waals surface area contributed by atoms with Crippen molar-refractivity contribution in [2.24, 2.45) is 0 Å². The Morgan fingerprint density at radius 1 is 0.808 bits per heavy atom. The zero-order chi connectivity index (χ0) is 19.6. The first-order valence-electron chi connectivity index (χ1n) is 8.45. The van der Waals surface area contributed by atoms with E-state index < -0.39 is 11.2 Å². The Hall–Kier alpha value is -2.43. The van der Waals surface area contributed by atoms with Crippen LogP contribution in [-0.4, -0.2) is 5.97 Å². The molecular weight excluding hydrogens is 328 g/mol. The minimum absolute atomic E-state index is 0.329. The highest BCUT2D eigenvalue weighted by molar-refractivity contribution is 5.66. The lowest BCUT2D eigenvalue weighted by Crippen LogP contribution is -2.29. The molecule has 0 amide bonds. The van der Waals surface area contributed by atoms with E-state index >= 15 is 0 Å². The summed E-state index contributed by atoms with van der Waals surface area (Å²) >= 11 is 0. The summed E-state index contributed by atoms with van der Waals surface area (Å²) in [6, 6.07) is 20.2. The number of carbonyl (C=O) groups is 1. The zero-order valence-electron chi connectivity index (χ0n) is 16.2. The van der Waals surface area contributed by atoms with E-state index in [2.05, 4.69) is 11.3 Å². The highest BCUT2D eigenvalue weighted by atomic mass is 17.2. The highest BCUT2D eigenvalue weighted by Crippen LogP contribution is 2.31. The van der Waals surface area contributed by atoms with Gasteiger partial charge in [0.05, 0.1) is 6.26 Å². The largest absolute Gasteiger partial charge is 0.435 e. The number of benzene rings is 2. The first-order chi connectivity index (χ1) is 12.2. The third-order valence-corrected chi connectivity index (χ3v) is 3.65. The first-order valence-corrected chi connectivity index (χ1v) is 8.45. The van der Waals surface area contributed by atoms with Crippen LogP contribution in [0.5, 0.6) is 0 Å². The van der Waals surface area contributed by atoms with Crippen LogP contribution in [0.2, 0.25) is 0 Å². The van der Waals surface area contributed by atoms with Crippen molar-refractivity contribution < 1.29 is 19.3 Å². The van der Waals surface area contributed by atoms with Gasteiger partial charge in [-0.05, 0) is 38.8 Å². The number of hydrogen-bond acceptors (Lipinski definition) is 4. The second kappa shape index (κ2) is 9.90. The van der Waals surface area contributed by atoms with Crippen molar-refractivity contribution in [1.29, 1.82) is 0 Å². The summed E-state index contributed by atoms with van der Waals surface area (Å²) in [7, 11) is 0. The molecule has 26 heavy (non-hydrogen) atoms. The van der Waals surface area contributed by atoms with Crippen LogP contribution < -0.4 is 0 Å². The third kappa shape index (κ3) is 7.21. The molecule has 0 radical (unpaired) electrons. The van der Waals surface area contributed by atoms with Gasteiger partial charge in [0.15, 0.2) is 0 Å². The van der Waals surface area contributed by atoms with E-state index in [1.54, 1.807) is 0 Å². The third-order valence-electron chi connectivity index (χ3n) is 3.65. The normalized spacial score (nSPS) is 11.1. The molecule has 0 aliphatic rings. The van der Waals surface area contributed by atoms with Gasteiger partial charge in [0.1, 0.15) is 11.2 Å². The number of carbonyl (C=O) groups excluding carboxylic acids is 1. The molecule has 4 nitrogen and oxygen atoms in total. The van der Waals surface area contributed by atoms with E-state index in [1.165, 1.54) is 6.92 Å². The summed E-state index contributed by atoms with van der Waals surface area (Å²) < 4.78 is 4.17. The molecule has 2 rings (SSSR count). The lowest BCUT2D eigenvalue weighted by atomic mass is 9.98. The Kier molecular flexibility index (Phi) is 8.23. The van der Waals surface area contributed by atoms with Gasteiger partial charge in [-0.3, -0.25) is 4.79 Å². The molecule has 2 aromatic rings.